The molecule has 1 rings (SSSR count). The Labute approximate surface area is 107 Å². The molecule has 0 unspecified atom stereocenters. The fraction of sp³-hybridized carbons (Fsp3) is 0.300. The first kappa shape index (κ1) is 14.9. The molecule has 0 fully saturated rings. The SMILES string of the molecule is O=C(O)CO[C@H](c1cc(Br)ccc1F)C(F)(F)F. The van der Waals surface area contributed by atoms with Crippen molar-refractivity contribution in [2.24, 2.45) is 0 Å². The normalized spacial score (nSPS) is 13.4. The zero-order valence-corrected chi connectivity index (χ0v) is 10.3. The van der Waals surface area contributed by atoms with Gasteiger partial charge < -0.3 is 9.84 Å². The van der Waals surface area contributed by atoms with Crippen LogP contribution in [0.3, 0.4) is 0 Å². The van der Waals surface area contributed by atoms with Crippen LogP contribution >= 0.6 is 15.9 Å². The lowest BCUT2D eigenvalue weighted by Gasteiger charge is -2.21. The van der Waals surface area contributed by atoms with Gasteiger partial charge in [-0.3, -0.25) is 0 Å². The van der Waals surface area contributed by atoms with Crippen LogP contribution in [0.2, 0.25) is 0 Å². The maximum absolute atomic E-state index is 13.3. The Kier molecular flexibility index (Phi) is 4.69. The number of hydrogen-bond donors (Lipinski definition) is 1. The van der Waals surface area contributed by atoms with Crippen LogP contribution in [0.25, 0.3) is 0 Å². The summed E-state index contributed by atoms with van der Waals surface area (Å²) in [5.41, 5.74) is -0.766. The van der Waals surface area contributed by atoms with E-state index in [1.165, 1.54) is 6.07 Å². The summed E-state index contributed by atoms with van der Waals surface area (Å²) in [5, 5.41) is 8.30. The average Bonchev–Trinajstić information content (AvgIpc) is 2.21. The number of halogens is 5. The van der Waals surface area contributed by atoms with E-state index in [4.69, 9.17) is 5.11 Å². The molecule has 100 valence electrons. The van der Waals surface area contributed by atoms with E-state index < -0.39 is 36.2 Å². The molecule has 18 heavy (non-hydrogen) atoms. The van der Waals surface area contributed by atoms with Crippen LogP contribution in [-0.4, -0.2) is 23.9 Å². The molecule has 1 N–H and O–H groups in total. The Morgan fingerprint density at radius 3 is 2.56 bits per heavy atom. The van der Waals surface area contributed by atoms with Crippen LogP contribution in [0, 0.1) is 5.82 Å². The zero-order valence-electron chi connectivity index (χ0n) is 8.67. The number of benzene rings is 1. The van der Waals surface area contributed by atoms with Crippen LogP contribution in [0.15, 0.2) is 22.7 Å². The minimum atomic E-state index is -4.91. The Morgan fingerprint density at radius 2 is 2.06 bits per heavy atom. The van der Waals surface area contributed by atoms with Crippen molar-refractivity contribution in [2.45, 2.75) is 12.3 Å². The standard InChI is InChI=1S/C10H7BrF4O3/c11-5-1-2-7(12)6(3-5)9(10(13,14)15)18-4-8(16)17/h1-3,9H,4H2,(H,16,17)/t9-/m1/s1. The van der Waals surface area contributed by atoms with E-state index in [9.17, 15) is 22.4 Å². The smallest absolute Gasteiger partial charge is 0.418 e. The van der Waals surface area contributed by atoms with Gasteiger partial charge in [0.25, 0.3) is 0 Å². The second kappa shape index (κ2) is 5.66. The third-order valence-corrected chi connectivity index (χ3v) is 2.40. The molecule has 1 aromatic rings. The molecule has 1 atom stereocenters. The average molecular weight is 331 g/mol. The maximum Gasteiger partial charge on any atom is 0.418 e. The van der Waals surface area contributed by atoms with Gasteiger partial charge in [-0.05, 0) is 18.2 Å². The largest absolute Gasteiger partial charge is 0.480 e. The molecular formula is C10H7BrF4O3. The minimum absolute atomic E-state index is 0.229. The van der Waals surface area contributed by atoms with Crippen LogP contribution in [-0.2, 0) is 9.53 Å². The predicted octanol–water partition coefficient (Wildman–Crippen LogP) is 3.29. The minimum Gasteiger partial charge on any atom is -0.480 e. The second-order valence-corrected chi connectivity index (χ2v) is 4.21. The molecule has 1 aromatic carbocycles. The molecule has 0 heterocycles. The second-order valence-electron chi connectivity index (χ2n) is 3.29. The van der Waals surface area contributed by atoms with E-state index in [-0.39, 0.29) is 4.47 Å². The van der Waals surface area contributed by atoms with Gasteiger partial charge in [-0.15, -0.1) is 0 Å². The molecule has 0 spiro atoms. The molecule has 0 aliphatic rings. The van der Waals surface area contributed by atoms with Crippen molar-refractivity contribution in [3.05, 3.63) is 34.1 Å². The molecular weight excluding hydrogens is 324 g/mol. The Hall–Kier alpha value is -1.15. The van der Waals surface area contributed by atoms with Gasteiger partial charge >= 0.3 is 12.1 Å². The van der Waals surface area contributed by atoms with Gasteiger partial charge in [0.15, 0.2) is 6.10 Å². The maximum atomic E-state index is 13.3. The molecule has 3 nitrogen and oxygen atoms in total. The van der Waals surface area contributed by atoms with Crippen LogP contribution in [0.5, 0.6) is 0 Å². The van der Waals surface area contributed by atoms with Gasteiger partial charge in [-0.1, -0.05) is 15.9 Å². The Bertz CT molecular complexity index is 447. The molecule has 0 aromatic heterocycles. The first-order chi connectivity index (χ1) is 8.21. The van der Waals surface area contributed by atoms with Crippen molar-refractivity contribution in [2.75, 3.05) is 6.61 Å². The van der Waals surface area contributed by atoms with E-state index >= 15 is 0 Å². The Balaban J connectivity index is 3.09. The van der Waals surface area contributed by atoms with Crippen LogP contribution in [0.4, 0.5) is 17.6 Å². The summed E-state index contributed by atoms with van der Waals surface area (Å²) in [7, 11) is 0. The van der Waals surface area contributed by atoms with Gasteiger partial charge in [-0.25, -0.2) is 9.18 Å². The van der Waals surface area contributed by atoms with E-state index in [1.807, 2.05) is 0 Å². The molecule has 0 aliphatic carbocycles. The topological polar surface area (TPSA) is 46.5 Å². The number of carboxylic acids is 1. The lowest BCUT2D eigenvalue weighted by molar-refractivity contribution is -0.225. The summed E-state index contributed by atoms with van der Waals surface area (Å²) in [5.74, 6) is -2.69. The Morgan fingerprint density at radius 1 is 1.44 bits per heavy atom. The lowest BCUT2D eigenvalue weighted by Crippen LogP contribution is -2.26. The molecule has 0 saturated carbocycles. The van der Waals surface area contributed by atoms with Crippen LogP contribution < -0.4 is 0 Å². The molecule has 0 aliphatic heterocycles. The van der Waals surface area contributed by atoms with E-state index in [0.717, 1.165) is 12.1 Å². The monoisotopic (exact) mass is 330 g/mol. The van der Waals surface area contributed by atoms with Gasteiger partial charge in [0.2, 0.25) is 0 Å². The van der Waals surface area contributed by atoms with E-state index in [2.05, 4.69) is 20.7 Å². The summed E-state index contributed by atoms with van der Waals surface area (Å²) >= 11 is 2.91. The predicted molar refractivity (Wildman–Crippen MR) is 56.5 cm³/mol. The third kappa shape index (κ3) is 3.95. The number of ether oxygens (including phenoxy) is 1. The number of carboxylic acid groups (broad SMARTS) is 1. The van der Waals surface area contributed by atoms with Gasteiger partial charge in [0.1, 0.15) is 12.4 Å². The van der Waals surface area contributed by atoms with Crippen molar-refractivity contribution in [3.8, 4) is 0 Å². The third-order valence-electron chi connectivity index (χ3n) is 1.91. The molecule has 0 bridgehead atoms. The lowest BCUT2D eigenvalue weighted by atomic mass is 10.1. The quantitative estimate of drug-likeness (QED) is 0.862. The van der Waals surface area contributed by atoms with E-state index in [0.29, 0.717) is 0 Å². The summed E-state index contributed by atoms with van der Waals surface area (Å²) in [6.45, 7) is -1.17. The summed E-state index contributed by atoms with van der Waals surface area (Å²) in [6.07, 6.45) is -7.53. The number of aliphatic carboxylic acids is 1. The highest BCUT2D eigenvalue weighted by Gasteiger charge is 2.43. The number of hydrogen-bond acceptors (Lipinski definition) is 2. The van der Waals surface area contributed by atoms with Gasteiger partial charge in [0.05, 0.1) is 0 Å². The first-order valence-corrected chi connectivity index (χ1v) is 5.36. The van der Waals surface area contributed by atoms with Gasteiger partial charge in [0, 0.05) is 10.0 Å². The highest BCUT2D eigenvalue weighted by atomic mass is 79.9. The highest BCUT2D eigenvalue weighted by Crippen LogP contribution is 2.37. The summed E-state index contributed by atoms with van der Waals surface area (Å²) in [4.78, 5) is 10.2. The fourth-order valence-corrected chi connectivity index (χ4v) is 1.61. The zero-order chi connectivity index (χ0) is 13.9. The van der Waals surface area contributed by atoms with E-state index in [1.54, 1.807) is 0 Å². The number of rotatable bonds is 4. The van der Waals surface area contributed by atoms with Crippen molar-refractivity contribution >= 4 is 21.9 Å². The number of carbonyl (C=O) groups is 1. The summed E-state index contributed by atoms with van der Waals surface area (Å²) < 4.78 is 55.8. The molecule has 0 radical (unpaired) electrons. The van der Waals surface area contributed by atoms with Crippen molar-refractivity contribution < 1.29 is 32.2 Å². The fourth-order valence-electron chi connectivity index (χ4n) is 1.23. The van der Waals surface area contributed by atoms with Crippen molar-refractivity contribution in [1.82, 2.24) is 0 Å². The van der Waals surface area contributed by atoms with Crippen LogP contribution in [0.1, 0.15) is 11.7 Å². The molecule has 8 heteroatoms. The summed E-state index contributed by atoms with van der Waals surface area (Å²) in [6, 6.07) is 2.96. The van der Waals surface area contributed by atoms with Crippen molar-refractivity contribution in [1.29, 1.82) is 0 Å². The van der Waals surface area contributed by atoms with Gasteiger partial charge in [-0.2, -0.15) is 13.2 Å². The number of alkyl halides is 3. The highest BCUT2D eigenvalue weighted by molar-refractivity contribution is 9.10. The first-order valence-electron chi connectivity index (χ1n) is 4.57. The molecule has 0 amide bonds. The van der Waals surface area contributed by atoms with Crippen molar-refractivity contribution in [3.63, 3.8) is 0 Å². The molecule has 0 saturated heterocycles.